The number of rotatable bonds is 4. The van der Waals surface area contributed by atoms with E-state index in [1.807, 2.05) is 13.8 Å². The van der Waals surface area contributed by atoms with Gasteiger partial charge in [-0.25, -0.2) is 0 Å². The summed E-state index contributed by atoms with van der Waals surface area (Å²) in [5, 5.41) is 0. The Morgan fingerprint density at radius 3 is 2.29 bits per heavy atom. The molecule has 0 fully saturated rings. The van der Waals surface area contributed by atoms with E-state index in [9.17, 15) is 9.59 Å². The number of para-hydroxylation sites is 1. The maximum atomic E-state index is 12.1. The molecular formula is C13H17NO3. The van der Waals surface area contributed by atoms with E-state index >= 15 is 0 Å². The Morgan fingerprint density at radius 2 is 1.76 bits per heavy atom. The lowest BCUT2D eigenvalue weighted by Gasteiger charge is -2.19. The van der Waals surface area contributed by atoms with E-state index in [0.29, 0.717) is 24.4 Å². The fraction of sp³-hybridized carbons (Fsp3) is 0.385. The smallest absolute Gasteiger partial charge is 0.308 e. The minimum Gasteiger partial charge on any atom is -0.426 e. The second-order valence-electron chi connectivity index (χ2n) is 3.57. The summed E-state index contributed by atoms with van der Waals surface area (Å²) >= 11 is 0. The lowest BCUT2D eigenvalue weighted by atomic mass is 10.1. The van der Waals surface area contributed by atoms with Crippen molar-refractivity contribution in [1.82, 2.24) is 4.90 Å². The third kappa shape index (κ3) is 3.31. The van der Waals surface area contributed by atoms with Gasteiger partial charge in [0.15, 0.2) is 0 Å². The van der Waals surface area contributed by atoms with E-state index < -0.39 is 5.97 Å². The molecule has 0 spiro atoms. The molecule has 0 saturated heterocycles. The van der Waals surface area contributed by atoms with Gasteiger partial charge in [0.2, 0.25) is 0 Å². The molecule has 1 aromatic rings. The SMILES string of the molecule is CCN(CC)C(=O)c1ccccc1OC(C)=O. The Labute approximate surface area is 101 Å². The maximum absolute atomic E-state index is 12.1. The number of hydrogen-bond acceptors (Lipinski definition) is 3. The summed E-state index contributed by atoms with van der Waals surface area (Å²) in [5.41, 5.74) is 0.423. The highest BCUT2D eigenvalue weighted by Gasteiger charge is 2.17. The van der Waals surface area contributed by atoms with Crippen molar-refractivity contribution >= 4 is 11.9 Å². The van der Waals surface area contributed by atoms with Gasteiger partial charge in [-0.1, -0.05) is 12.1 Å². The van der Waals surface area contributed by atoms with E-state index in [0.717, 1.165) is 0 Å². The molecule has 0 aliphatic heterocycles. The standard InChI is InChI=1S/C13H17NO3/c1-4-14(5-2)13(16)11-8-6-7-9-12(11)17-10(3)15/h6-9H,4-5H2,1-3H3. The Hall–Kier alpha value is -1.84. The lowest BCUT2D eigenvalue weighted by Crippen LogP contribution is -2.30. The number of amides is 1. The number of hydrogen-bond donors (Lipinski definition) is 0. The highest BCUT2D eigenvalue weighted by Crippen LogP contribution is 2.20. The van der Waals surface area contributed by atoms with Crippen LogP contribution < -0.4 is 4.74 Å². The average Bonchev–Trinajstić information content (AvgIpc) is 2.30. The summed E-state index contributed by atoms with van der Waals surface area (Å²) in [4.78, 5) is 24.8. The molecule has 1 amide bonds. The first-order valence-corrected chi connectivity index (χ1v) is 5.66. The van der Waals surface area contributed by atoms with Crippen LogP contribution in [0, 0.1) is 0 Å². The number of carbonyl (C=O) groups excluding carboxylic acids is 2. The maximum Gasteiger partial charge on any atom is 0.308 e. The topological polar surface area (TPSA) is 46.6 Å². The molecule has 17 heavy (non-hydrogen) atoms. The van der Waals surface area contributed by atoms with Gasteiger partial charge in [-0.3, -0.25) is 9.59 Å². The third-order valence-electron chi connectivity index (χ3n) is 2.42. The van der Waals surface area contributed by atoms with Crippen LogP contribution in [0.3, 0.4) is 0 Å². The molecule has 0 saturated carbocycles. The van der Waals surface area contributed by atoms with Gasteiger partial charge in [0, 0.05) is 20.0 Å². The summed E-state index contributed by atoms with van der Waals surface area (Å²) in [5.74, 6) is -0.228. The number of benzene rings is 1. The summed E-state index contributed by atoms with van der Waals surface area (Å²) < 4.78 is 5.02. The first-order chi connectivity index (χ1) is 8.10. The molecule has 0 aromatic heterocycles. The zero-order chi connectivity index (χ0) is 12.8. The summed E-state index contributed by atoms with van der Waals surface area (Å²) in [6.07, 6.45) is 0. The fourth-order valence-corrected chi connectivity index (χ4v) is 1.57. The minimum atomic E-state index is -0.426. The highest BCUT2D eigenvalue weighted by molar-refractivity contribution is 5.97. The lowest BCUT2D eigenvalue weighted by molar-refractivity contribution is -0.131. The van der Waals surface area contributed by atoms with Crippen LogP contribution in [0.5, 0.6) is 5.75 Å². The number of esters is 1. The van der Waals surface area contributed by atoms with E-state index in [2.05, 4.69) is 0 Å². The zero-order valence-electron chi connectivity index (χ0n) is 10.4. The van der Waals surface area contributed by atoms with Crippen LogP contribution in [0.1, 0.15) is 31.1 Å². The Bertz CT molecular complexity index is 411. The second-order valence-corrected chi connectivity index (χ2v) is 3.57. The Morgan fingerprint density at radius 1 is 1.18 bits per heavy atom. The quantitative estimate of drug-likeness (QED) is 0.593. The van der Waals surface area contributed by atoms with Gasteiger partial charge in [-0.15, -0.1) is 0 Å². The van der Waals surface area contributed by atoms with Crippen LogP contribution in [0.2, 0.25) is 0 Å². The largest absolute Gasteiger partial charge is 0.426 e. The molecule has 0 atom stereocenters. The molecule has 1 rings (SSSR count). The van der Waals surface area contributed by atoms with Gasteiger partial charge in [0.1, 0.15) is 5.75 Å². The van der Waals surface area contributed by atoms with Crippen LogP contribution in [0.4, 0.5) is 0 Å². The van der Waals surface area contributed by atoms with Gasteiger partial charge >= 0.3 is 5.97 Å². The molecule has 0 heterocycles. The van der Waals surface area contributed by atoms with Crippen LogP contribution in [0.25, 0.3) is 0 Å². The normalized spacial score (nSPS) is 9.82. The van der Waals surface area contributed by atoms with Crippen LogP contribution in [-0.4, -0.2) is 29.9 Å². The molecule has 92 valence electrons. The van der Waals surface area contributed by atoms with Crippen LogP contribution in [0.15, 0.2) is 24.3 Å². The molecule has 0 bridgehead atoms. The molecular weight excluding hydrogens is 218 g/mol. The van der Waals surface area contributed by atoms with Gasteiger partial charge < -0.3 is 9.64 Å². The summed E-state index contributed by atoms with van der Waals surface area (Å²) in [7, 11) is 0. The van der Waals surface area contributed by atoms with E-state index in [4.69, 9.17) is 4.74 Å². The molecule has 0 unspecified atom stereocenters. The minimum absolute atomic E-state index is 0.119. The van der Waals surface area contributed by atoms with Crippen molar-refractivity contribution in [3.05, 3.63) is 29.8 Å². The van der Waals surface area contributed by atoms with Crippen molar-refractivity contribution in [2.24, 2.45) is 0 Å². The van der Waals surface area contributed by atoms with Crippen molar-refractivity contribution in [1.29, 1.82) is 0 Å². The second kappa shape index (κ2) is 6.03. The van der Waals surface area contributed by atoms with Gasteiger partial charge in [-0.05, 0) is 26.0 Å². The van der Waals surface area contributed by atoms with Gasteiger partial charge in [-0.2, -0.15) is 0 Å². The monoisotopic (exact) mass is 235 g/mol. The number of ether oxygens (including phenoxy) is 1. The summed E-state index contributed by atoms with van der Waals surface area (Å²) in [6.45, 7) is 6.40. The number of nitrogens with zero attached hydrogens (tertiary/aromatic N) is 1. The first kappa shape index (κ1) is 13.2. The zero-order valence-corrected chi connectivity index (χ0v) is 10.4. The molecule has 4 nitrogen and oxygen atoms in total. The first-order valence-electron chi connectivity index (χ1n) is 5.66. The van der Waals surface area contributed by atoms with Crippen molar-refractivity contribution in [3.8, 4) is 5.75 Å². The summed E-state index contributed by atoms with van der Waals surface area (Å²) in [6, 6.07) is 6.78. The molecule has 0 aliphatic rings. The average molecular weight is 235 g/mol. The van der Waals surface area contributed by atoms with Crippen LogP contribution in [-0.2, 0) is 4.79 Å². The van der Waals surface area contributed by atoms with E-state index in [-0.39, 0.29) is 5.91 Å². The van der Waals surface area contributed by atoms with E-state index in [1.54, 1.807) is 29.2 Å². The highest BCUT2D eigenvalue weighted by atomic mass is 16.5. The van der Waals surface area contributed by atoms with E-state index in [1.165, 1.54) is 6.92 Å². The predicted molar refractivity (Wildman–Crippen MR) is 65.0 cm³/mol. The predicted octanol–water partition coefficient (Wildman–Crippen LogP) is 2.09. The Kier molecular flexibility index (Phi) is 4.69. The fourth-order valence-electron chi connectivity index (χ4n) is 1.57. The molecule has 4 heteroatoms. The van der Waals surface area contributed by atoms with Crippen molar-refractivity contribution in [3.63, 3.8) is 0 Å². The third-order valence-corrected chi connectivity index (χ3v) is 2.42. The molecule has 0 radical (unpaired) electrons. The molecule has 0 N–H and O–H groups in total. The van der Waals surface area contributed by atoms with Gasteiger partial charge in [0.25, 0.3) is 5.91 Å². The Balaban J connectivity index is 3.03. The van der Waals surface area contributed by atoms with Crippen LogP contribution >= 0.6 is 0 Å². The van der Waals surface area contributed by atoms with Crippen molar-refractivity contribution < 1.29 is 14.3 Å². The van der Waals surface area contributed by atoms with Crippen molar-refractivity contribution in [2.45, 2.75) is 20.8 Å². The molecule has 0 aliphatic carbocycles. The van der Waals surface area contributed by atoms with Gasteiger partial charge in [0.05, 0.1) is 5.56 Å². The molecule has 1 aromatic carbocycles. The van der Waals surface area contributed by atoms with Crippen molar-refractivity contribution in [2.75, 3.05) is 13.1 Å². The number of carbonyl (C=O) groups is 2.